The molecule has 4 nitrogen and oxygen atoms in total. The minimum atomic E-state index is -0.121. The number of pyridine rings is 1. The minimum Gasteiger partial charge on any atom is -0.489 e. The first-order valence-electron chi connectivity index (χ1n) is 5.12. The summed E-state index contributed by atoms with van der Waals surface area (Å²) in [4.78, 5) is 17.3. The molecule has 0 unspecified atom stereocenters. The zero-order valence-corrected chi connectivity index (χ0v) is 10.8. The van der Waals surface area contributed by atoms with Crippen molar-refractivity contribution in [1.29, 1.82) is 0 Å². The molecule has 1 aliphatic rings. The van der Waals surface area contributed by atoms with Crippen molar-refractivity contribution >= 4 is 21.8 Å². The molecule has 1 fully saturated rings. The summed E-state index contributed by atoms with van der Waals surface area (Å²) in [5.41, 5.74) is 0.410. The Balaban J connectivity index is 2.18. The Kier molecular flexibility index (Phi) is 3.14. The number of ether oxygens (including phenoxy) is 1. The van der Waals surface area contributed by atoms with Gasteiger partial charge in [-0.3, -0.25) is 4.79 Å². The van der Waals surface area contributed by atoms with Crippen molar-refractivity contribution in [2.24, 2.45) is 0 Å². The molecule has 0 radical (unpaired) electrons. The topological polar surface area (TPSA) is 42.4 Å². The first-order chi connectivity index (χ1) is 7.58. The summed E-state index contributed by atoms with van der Waals surface area (Å²) in [5.74, 6) is 0.592. The Labute approximate surface area is 103 Å². The van der Waals surface area contributed by atoms with Gasteiger partial charge >= 0.3 is 0 Å². The van der Waals surface area contributed by atoms with Crippen molar-refractivity contribution in [3.8, 4) is 5.75 Å². The standard InChI is InChI=1S/C11H13BrN2O2/c1-14(2)11(15)10-9(12)5-8(6-13-10)16-7-3-4-7/h5-7H,3-4H2,1-2H3. The molecule has 5 heteroatoms. The number of halogens is 1. The fourth-order valence-electron chi connectivity index (χ4n) is 1.23. The smallest absolute Gasteiger partial charge is 0.273 e. The summed E-state index contributed by atoms with van der Waals surface area (Å²) in [6.07, 6.45) is 4.15. The van der Waals surface area contributed by atoms with Crippen LogP contribution in [0.2, 0.25) is 0 Å². The summed E-state index contributed by atoms with van der Waals surface area (Å²) in [5, 5.41) is 0. The third kappa shape index (κ3) is 2.52. The lowest BCUT2D eigenvalue weighted by Gasteiger charge is -2.11. The molecule has 1 aliphatic carbocycles. The third-order valence-corrected chi connectivity index (χ3v) is 2.86. The van der Waals surface area contributed by atoms with Crippen molar-refractivity contribution in [2.45, 2.75) is 18.9 Å². The Hall–Kier alpha value is -1.10. The molecule has 16 heavy (non-hydrogen) atoms. The van der Waals surface area contributed by atoms with Crippen molar-refractivity contribution < 1.29 is 9.53 Å². The van der Waals surface area contributed by atoms with E-state index in [1.807, 2.05) is 0 Å². The van der Waals surface area contributed by atoms with E-state index in [9.17, 15) is 4.79 Å². The molecular formula is C11H13BrN2O2. The highest BCUT2D eigenvalue weighted by Gasteiger charge is 2.24. The predicted octanol–water partition coefficient (Wildman–Crippen LogP) is 2.09. The van der Waals surface area contributed by atoms with E-state index in [1.165, 1.54) is 4.90 Å². The van der Waals surface area contributed by atoms with Gasteiger partial charge in [-0.15, -0.1) is 0 Å². The normalized spacial score (nSPS) is 14.7. The molecule has 1 heterocycles. The molecule has 1 amide bonds. The second-order valence-electron chi connectivity index (χ2n) is 4.02. The molecule has 0 aliphatic heterocycles. The van der Waals surface area contributed by atoms with Crippen molar-refractivity contribution in [3.63, 3.8) is 0 Å². The Morgan fingerprint density at radius 1 is 1.56 bits per heavy atom. The number of carbonyl (C=O) groups is 1. The predicted molar refractivity (Wildman–Crippen MR) is 63.6 cm³/mol. The van der Waals surface area contributed by atoms with Crippen LogP contribution in [0.25, 0.3) is 0 Å². The van der Waals surface area contributed by atoms with Crippen LogP contribution in [0.15, 0.2) is 16.7 Å². The summed E-state index contributed by atoms with van der Waals surface area (Å²) >= 11 is 3.34. The lowest BCUT2D eigenvalue weighted by Crippen LogP contribution is -2.23. The van der Waals surface area contributed by atoms with E-state index < -0.39 is 0 Å². The third-order valence-electron chi connectivity index (χ3n) is 2.25. The minimum absolute atomic E-state index is 0.121. The maximum atomic E-state index is 11.7. The maximum Gasteiger partial charge on any atom is 0.273 e. The van der Waals surface area contributed by atoms with E-state index in [0.717, 1.165) is 12.8 Å². The summed E-state index contributed by atoms with van der Waals surface area (Å²) in [7, 11) is 3.40. The van der Waals surface area contributed by atoms with Gasteiger partial charge < -0.3 is 9.64 Å². The highest BCUT2D eigenvalue weighted by atomic mass is 79.9. The maximum absolute atomic E-state index is 11.7. The highest BCUT2D eigenvalue weighted by Crippen LogP contribution is 2.28. The number of carbonyl (C=O) groups excluding carboxylic acids is 1. The van der Waals surface area contributed by atoms with E-state index in [1.54, 1.807) is 26.4 Å². The lowest BCUT2D eigenvalue weighted by atomic mass is 10.3. The molecule has 0 atom stereocenters. The van der Waals surface area contributed by atoms with Crippen molar-refractivity contribution in [2.75, 3.05) is 14.1 Å². The van der Waals surface area contributed by atoms with Crippen LogP contribution in [-0.2, 0) is 0 Å². The average Bonchev–Trinajstić information content (AvgIpc) is 3.01. The van der Waals surface area contributed by atoms with Crippen molar-refractivity contribution in [1.82, 2.24) is 9.88 Å². The number of hydrogen-bond donors (Lipinski definition) is 0. The SMILES string of the molecule is CN(C)C(=O)c1ncc(OC2CC2)cc1Br. The van der Waals surface area contributed by atoms with Gasteiger partial charge in [0.1, 0.15) is 11.4 Å². The van der Waals surface area contributed by atoms with Gasteiger partial charge in [0.2, 0.25) is 0 Å². The van der Waals surface area contributed by atoms with Crippen LogP contribution in [0.4, 0.5) is 0 Å². The second kappa shape index (κ2) is 4.41. The van der Waals surface area contributed by atoms with Crippen LogP contribution >= 0.6 is 15.9 Å². The van der Waals surface area contributed by atoms with Crippen LogP contribution in [0.3, 0.4) is 0 Å². The lowest BCUT2D eigenvalue weighted by molar-refractivity contribution is 0.0821. The van der Waals surface area contributed by atoms with Gasteiger partial charge in [-0.25, -0.2) is 4.98 Å². The van der Waals surface area contributed by atoms with E-state index in [-0.39, 0.29) is 5.91 Å². The zero-order chi connectivity index (χ0) is 11.7. The van der Waals surface area contributed by atoms with Gasteiger partial charge in [0.25, 0.3) is 5.91 Å². The Bertz CT molecular complexity index is 416. The molecule has 1 aromatic heterocycles. The molecule has 0 N–H and O–H groups in total. The monoisotopic (exact) mass is 284 g/mol. The summed E-state index contributed by atoms with van der Waals surface area (Å²) in [6, 6.07) is 1.79. The quantitative estimate of drug-likeness (QED) is 0.854. The molecule has 0 spiro atoms. The van der Waals surface area contributed by atoms with E-state index in [4.69, 9.17) is 4.74 Å². The number of rotatable bonds is 3. The average molecular weight is 285 g/mol. The highest BCUT2D eigenvalue weighted by molar-refractivity contribution is 9.10. The molecule has 1 aromatic rings. The fourth-order valence-corrected chi connectivity index (χ4v) is 1.73. The second-order valence-corrected chi connectivity index (χ2v) is 4.87. The Morgan fingerprint density at radius 2 is 2.25 bits per heavy atom. The van der Waals surface area contributed by atoms with Gasteiger partial charge in [0, 0.05) is 14.1 Å². The number of nitrogens with zero attached hydrogens (tertiary/aromatic N) is 2. The van der Waals surface area contributed by atoms with E-state index >= 15 is 0 Å². The largest absolute Gasteiger partial charge is 0.489 e. The molecular weight excluding hydrogens is 272 g/mol. The number of amides is 1. The van der Waals surface area contributed by atoms with Crippen LogP contribution in [0.5, 0.6) is 5.75 Å². The van der Waals surface area contributed by atoms with Gasteiger partial charge in [0.15, 0.2) is 0 Å². The first-order valence-corrected chi connectivity index (χ1v) is 5.91. The number of hydrogen-bond acceptors (Lipinski definition) is 3. The molecule has 86 valence electrons. The fraction of sp³-hybridized carbons (Fsp3) is 0.455. The van der Waals surface area contributed by atoms with Gasteiger partial charge in [-0.05, 0) is 34.8 Å². The van der Waals surface area contributed by atoms with E-state index in [2.05, 4.69) is 20.9 Å². The molecule has 2 rings (SSSR count). The summed E-state index contributed by atoms with van der Waals surface area (Å²) < 4.78 is 6.25. The van der Waals surface area contributed by atoms with Gasteiger partial charge in [-0.1, -0.05) is 0 Å². The molecule has 0 aromatic carbocycles. The van der Waals surface area contributed by atoms with Crippen LogP contribution in [0, 0.1) is 0 Å². The molecule has 0 bridgehead atoms. The van der Waals surface area contributed by atoms with Crippen LogP contribution < -0.4 is 4.74 Å². The molecule has 1 saturated carbocycles. The van der Waals surface area contributed by atoms with Crippen LogP contribution in [0.1, 0.15) is 23.3 Å². The molecule has 0 saturated heterocycles. The van der Waals surface area contributed by atoms with Gasteiger partial charge in [0.05, 0.1) is 16.8 Å². The van der Waals surface area contributed by atoms with Crippen molar-refractivity contribution in [3.05, 3.63) is 22.4 Å². The van der Waals surface area contributed by atoms with Crippen LogP contribution in [-0.4, -0.2) is 36.0 Å². The first kappa shape index (κ1) is 11.4. The van der Waals surface area contributed by atoms with E-state index in [0.29, 0.717) is 22.0 Å². The Morgan fingerprint density at radius 3 is 2.75 bits per heavy atom. The number of aromatic nitrogens is 1. The van der Waals surface area contributed by atoms with Gasteiger partial charge in [-0.2, -0.15) is 0 Å². The summed E-state index contributed by atoms with van der Waals surface area (Å²) in [6.45, 7) is 0. The zero-order valence-electron chi connectivity index (χ0n) is 9.24.